The maximum atomic E-state index is 11.4. The molecular weight excluding hydrogens is 417 g/mol. The van der Waals surface area contributed by atoms with Gasteiger partial charge in [0.1, 0.15) is 0 Å². The van der Waals surface area contributed by atoms with Gasteiger partial charge in [-0.3, -0.25) is 4.79 Å². The molecule has 0 radical (unpaired) electrons. The average molecular weight is 434 g/mol. The van der Waals surface area contributed by atoms with Crippen molar-refractivity contribution in [3.05, 3.63) is 68.4 Å². The fourth-order valence-corrected chi connectivity index (χ4v) is 4.18. The summed E-state index contributed by atoms with van der Waals surface area (Å²) in [4.78, 5) is 21.8. The van der Waals surface area contributed by atoms with Gasteiger partial charge in [-0.25, -0.2) is 4.98 Å². The molecule has 4 rings (SSSR count). The monoisotopic (exact) mass is 433 g/mol. The minimum Gasteiger partial charge on any atom is -0.392 e. The second kappa shape index (κ2) is 8.17. The van der Waals surface area contributed by atoms with E-state index in [4.69, 9.17) is 23.2 Å². The van der Waals surface area contributed by atoms with Crippen LogP contribution in [0.25, 0.3) is 21.9 Å². The van der Waals surface area contributed by atoms with Crippen LogP contribution in [0.2, 0.25) is 10.0 Å². The zero-order valence-corrected chi connectivity index (χ0v) is 17.0. The number of benzene rings is 2. The minimum atomic E-state index is -0.461. The Morgan fingerprint density at radius 2 is 1.86 bits per heavy atom. The van der Waals surface area contributed by atoms with E-state index in [0.29, 0.717) is 22.2 Å². The van der Waals surface area contributed by atoms with Crippen LogP contribution in [0.1, 0.15) is 12.0 Å². The van der Waals surface area contributed by atoms with E-state index in [-0.39, 0.29) is 5.56 Å². The number of H-pyrrole nitrogens is 2. The maximum absolute atomic E-state index is 11.4. The number of aromatic nitrogens is 3. The summed E-state index contributed by atoms with van der Waals surface area (Å²) in [7, 11) is 0. The number of imidazole rings is 1. The number of aliphatic hydroxyl groups is 1. The predicted octanol–water partition coefficient (Wildman–Crippen LogP) is 4.80. The highest BCUT2D eigenvalue weighted by Gasteiger charge is 2.11. The molecule has 0 unspecified atom stereocenters. The molecule has 3 N–H and O–H groups in total. The number of hydrogen-bond donors (Lipinski definition) is 3. The quantitative estimate of drug-likeness (QED) is 0.381. The Morgan fingerprint density at radius 1 is 1.04 bits per heavy atom. The number of fused-ring (bicyclic) bond motifs is 2. The van der Waals surface area contributed by atoms with Gasteiger partial charge < -0.3 is 15.1 Å². The molecule has 2 aromatic carbocycles. The van der Waals surface area contributed by atoms with Crippen molar-refractivity contribution < 1.29 is 5.11 Å². The first kappa shape index (κ1) is 19.3. The summed E-state index contributed by atoms with van der Waals surface area (Å²) >= 11 is 13.5. The van der Waals surface area contributed by atoms with E-state index in [9.17, 15) is 9.90 Å². The zero-order valence-electron chi connectivity index (χ0n) is 14.7. The first-order valence-corrected chi connectivity index (χ1v) is 10.5. The third-order valence-electron chi connectivity index (χ3n) is 4.47. The lowest BCUT2D eigenvalue weighted by molar-refractivity contribution is 0.189. The summed E-state index contributed by atoms with van der Waals surface area (Å²) in [5.41, 5.74) is 3.40. The van der Waals surface area contributed by atoms with Crippen molar-refractivity contribution in [3.63, 3.8) is 0 Å². The van der Waals surface area contributed by atoms with Gasteiger partial charge in [-0.15, -0.1) is 0 Å². The molecule has 1 atom stereocenters. The molecule has 0 saturated carbocycles. The van der Waals surface area contributed by atoms with Gasteiger partial charge in [-0.1, -0.05) is 41.0 Å². The standard InChI is InChI=1S/C20H17Cl2N3O2S/c21-14-8-17-18(9-15(14)22)25-20(24-17)28-10-13(26)4-1-11-2-5-16-12(7-11)3-6-19(27)23-16/h2-3,5-9,13,26H,1,4,10H2,(H,23,27)(H,24,25)/t13-/m1/s1. The van der Waals surface area contributed by atoms with Crippen molar-refractivity contribution in [2.24, 2.45) is 0 Å². The Morgan fingerprint density at radius 3 is 2.71 bits per heavy atom. The molecule has 28 heavy (non-hydrogen) atoms. The molecular formula is C20H17Cl2N3O2S. The van der Waals surface area contributed by atoms with Crippen molar-refractivity contribution in [3.8, 4) is 0 Å². The largest absolute Gasteiger partial charge is 0.392 e. The third-order valence-corrected chi connectivity index (χ3v) is 6.21. The van der Waals surface area contributed by atoms with Crippen LogP contribution in [0.3, 0.4) is 0 Å². The molecule has 8 heteroatoms. The number of halogens is 2. The Kier molecular flexibility index (Phi) is 5.64. The predicted molar refractivity (Wildman–Crippen MR) is 116 cm³/mol. The SMILES string of the molecule is O=c1ccc2cc(CC[C@@H](O)CSc3nc4cc(Cl)c(Cl)cc4[nH]3)ccc2[nH]1. The summed E-state index contributed by atoms with van der Waals surface area (Å²) in [6.07, 6.45) is 0.929. The van der Waals surface area contributed by atoms with Crippen molar-refractivity contribution in [1.82, 2.24) is 15.0 Å². The van der Waals surface area contributed by atoms with Crippen LogP contribution < -0.4 is 5.56 Å². The van der Waals surface area contributed by atoms with Crippen molar-refractivity contribution in [2.45, 2.75) is 24.1 Å². The maximum Gasteiger partial charge on any atom is 0.248 e. The molecule has 0 aliphatic carbocycles. The smallest absolute Gasteiger partial charge is 0.248 e. The van der Waals surface area contributed by atoms with Gasteiger partial charge in [-0.05, 0) is 54.1 Å². The van der Waals surface area contributed by atoms with Crippen molar-refractivity contribution >= 4 is 56.9 Å². The van der Waals surface area contributed by atoms with Gasteiger partial charge in [0.15, 0.2) is 5.16 Å². The van der Waals surface area contributed by atoms with E-state index < -0.39 is 6.10 Å². The van der Waals surface area contributed by atoms with Gasteiger partial charge in [0.2, 0.25) is 5.56 Å². The van der Waals surface area contributed by atoms with Gasteiger partial charge in [0.05, 0.1) is 27.2 Å². The van der Waals surface area contributed by atoms with E-state index in [1.165, 1.54) is 17.8 Å². The first-order chi connectivity index (χ1) is 13.5. The highest BCUT2D eigenvalue weighted by atomic mass is 35.5. The molecule has 144 valence electrons. The van der Waals surface area contributed by atoms with Crippen molar-refractivity contribution in [2.75, 3.05) is 5.75 Å². The number of nitrogens with zero attached hydrogens (tertiary/aromatic N) is 1. The minimum absolute atomic E-state index is 0.108. The molecule has 0 saturated heterocycles. The second-order valence-corrected chi connectivity index (χ2v) is 8.40. The number of hydrogen-bond acceptors (Lipinski definition) is 4. The highest BCUT2D eigenvalue weighted by molar-refractivity contribution is 7.99. The second-order valence-electron chi connectivity index (χ2n) is 6.57. The number of aromatic amines is 2. The van der Waals surface area contributed by atoms with Crippen LogP contribution in [0.4, 0.5) is 0 Å². The molecule has 2 heterocycles. The van der Waals surface area contributed by atoms with E-state index in [2.05, 4.69) is 15.0 Å². The Bertz CT molecular complexity index is 1170. The van der Waals surface area contributed by atoms with Crippen LogP contribution in [-0.2, 0) is 6.42 Å². The molecule has 4 aromatic rings. The molecule has 2 aromatic heterocycles. The highest BCUT2D eigenvalue weighted by Crippen LogP contribution is 2.29. The number of aliphatic hydroxyl groups excluding tert-OH is 1. The molecule has 0 bridgehead atoms. The van der Waals surface area contributed by atoms with Crippen molar-refractivity contribution in [1.29, 1.82) is 0 Å². The number of thioether (sulfide) groups is 1. The summed E-state index contributed by atoms with van der Waals surface area (Å²) in [6.45, 7) is 0. The number of rotatable bonds is 6. The molecule has 0 aliphatic heterocycles. The fourth-order valence-electron chi connectivity index (χ4n) is 3.00. The number of pyridine rings is 1. The van der Waals surface area contributed by atoms with E-state index in [1.54, 1.807) is 12.1 Å². The molecule has 0 aliphatic rings. The Labute approximate surface area is 175 Å². The summed E-state index contributed by atoms with van der Waals surface area (Å²) in [5, 5.41) is 13.0. The van der Waals surface area contributed by atoms with E-state index in [1.807, 2.05) is 24.3 Å². The van der Waals surface area contributed by atoms with Crippen LogP contribution in [-0.4, -0.2) is 31.9 Å². The zero-order chi connectivity index (χ0) is 19.7. The number of nitrogens with one attached hydrogen (secondary N) is 2. The molecule has 0 spiro atoms. The Hall–Kier alpha value is -1.99. The van der Waals surface area contributed by atoms with E-state index >= 15 is 0 Å². The molecule has 0 fully saturated rings. The topological polar surface area (TPSA) is 81.8 Å². The van der Waals surface area contributed by atoms with Gasteiger partial charge in [-0.2, -0.15) is 0 Å². The van der Waals surface area contributed by atoms with Gasteiger partial charge >= 0.3 is 0 Å². The van der Waals surface area contributed by atoms with Crippen LogP contribution in [0.15, 0.2) is 52.4 Å². The fraction of sp³-hybridized carbons (Fsp3) is 0.200. The first-order valence-electron chi connectivity index (χ1n) is 8.75. The van der Waals surface area contributed by atoms with Crippen LogP contribution in [0.5, 0.6) is 0 Å². The molecule has 0 amide bonds. The van der Waals surface area contributed by atoms with Gasteiger partial charge in [0.25, 0.3) is 0 Å². The molecule has 5 nitrogen and oxygen atoms in total. The normalized spacial score (nSPS) is 12.7. The Balaban J connectivity index is 1.35. The van der Waals surface area contributed by atoms with Crippen LogP contribution in [0, 0.1) is 0 Å². The summed E-state index contributed by atoms with van der Waals surface area (Å²) in [6, 6.07) is 12.7. The summed E-state index contributed by atoms with van der Waals surface area (Å²) in [5.74, 6) is 0.530. The lowest BCUT2D eigenvalue weighted by Gasteiger charge is -2.09. The number of aryl methyl sites for hydroxylation is 1. The average Bonchev–Trinajstić information content (AvgIpc) is 3.06. The van der Waals surface area contributed by atoms with E-state index in [0.717, 1.165) is 39.1 Å². The third kappa shape index (κ3) is 4.36. The summed E-state index contributed by atoms with van der Waals surface area (Å²) < 4.78 is 0. The lowest BCUT2D eigenvalue weighted by atomic mass is 10.0. The lowest BCUT2D eigenvalue weighted by Crippen LogP contribution is -2.11. The van der Waals surface area contributed by atoms with Crippen LogP contribution >= 0.6 is 35.0 Å². The van der Waals surface area contributed by atoms with Gasteiger partial charge in [0, 0.05) is 17.3 Å².